The molecule has 0 fully saturated rings. The molecule has 0 saturated carbocycles. The summed E-state index contributed by atoms with van der Waals surface area (Å²) in [6.45, 7) is 13.4. The Kier molecular flexibility index (Phi) is 6.71. The van der Waals surface area contributed by atoms with Crippen molar-refractivity contribution >= 4 is 22.4 Å². The number of amides is 1. The molecular formula is C23H31NO3S. The number of carbonyl (C=O) groups excluding carboxylic acids is 1. The fourth-order valence-electron chi connectivity index (χ4n) is 3.03. The number of aliphatic hydroxyl groups excluding tert-OH is 1. The maximum atomic E-state index is 13.4. The van der Waals surface area contributed by atoms with Gasteiger partial charge in [-0.15, -0.1) is 0 Å². The molecule has 1 aliphatic carbocycles. The number of nitrogens with one attached hydrogen (secondary N) is 1. The molecule has 1 unspecified atom stereocenters. The summed E-state index contributed by atoms with van der Waals surface area (Å²) in [5.41, 5.74) is 2.75. The van der Waals surface area contributed by atoms with Gasteiger partial charge in [0.1, 0.15) is 5.76 Å². The molecule has 28 heavy (non-hydrogen) atoms. The number of aryl methyl sites for hydroxylation is 2. The summed E-state index contributed by atoms with van der Waals surface area (Å²) in [5.74, 6) is 0.330. The van der Waals surface area contributed by atoms with Gasteiger partial charge in [0.05, 0.1) is 10.8 Å². The highest BCUT2D eigenvalue weighted by Crippen LogP contribution is 2.31. The van der Waals surface area contributed by atoms with E-state index in [-0.39, 0.29) is 17.6 Å². The van der Waals surface area contributed by atoms with E-state index in [0.717, 1.165) is 21.6 Å². The third kappa shape index (κ3) is 5.02. The van der Waals surface area contributed by atoms with Crippen molar-refractivity contribution in [3.05, 3.63) is 57.7 Å². The van der Waals surface area contributed by atoms with Crippen molar-refractivity contribution in [3.8, 4) is 0 Å². The fraction of sp³-hybridized carbons (Fsp3) is 0.435. The van der Waals surface area contributed by atoms with E-state index in [1.165, 1.54) is 0 Å². The van der Waals surface area contributed by atoms with E-state index in [2.05, 4.69) is 5.32 Å². The number of carbonyl (C=O) groups is 1. The Morgan fingerprint density at radius 1 is 1.14 bits per heavy atom. The first kappa shape index (κ1) is 22.2. The van der Waals surface area contributed by atoms with Crippen LogP contribution in [0.3, 0.4) is 0 Å². The minimum atomic E-state index is -1.37. The van der Waals surface area contributed by atoms with Gasteiger partial charge in [-0.1, -0.05) is 40.7 Å². The van der Waals surface area contributed by atoms with Crippen molar-refractivity contribution < 1.29 is 14.1 Å². The van der Waals surface area contributed by atoms with E-state index >= 15 is 0 Å². The monoisotopic (exact) mass is 401 g/mol. The predicted octanol–water partition coefficient (Wildman–Crippen LogP) is 5.71. The fourth-order valence-corrected chi connectivity index (χ4v) is 4.45. The van der Waals surface area contributed by atoms with Crippen LogP contribution in [0.4, 0.5) is 5.69 Å². The lowest BCUT2D eigenvalue weighted by Gasteiger charge is -2.19. The Morgan fingerprint density at radius 2 is 1.71 bits per heavy atom. The molecule has 0 bridgehead atoms. The van der Waals surface area contributed by atoms with Gasteiger partial charge in [0.2, 0.25) is 5.91 Å². The van der Waals surface area contributed by atoms with Crippen LogP contribution in [0.1, 0.15) is 52.2 Å². The summed E-state index contributed by atoms with van der Waals surface area (Å²) in [6, 6.07) is 3.73. The summed E-state index contributed by atoms with van der Waals surface area (Å²) >= 11 is 0. The number of hydrogen-bond donors (Lipinski definition) is 2. The van der Waals surface area contributed by atoms with E-state index in [9.17, 15) is 14.1 Å². The maximum Gasteiger partial charge on any atom is 0.229 e. The van der Waals surface area contributed by atoms with Crippen molar-refractivity contribution in [1.29, 1.82) is 0 Å². The minimum Gasteiger partial charge on any atom is -0.508 e. The third-order valence-electron chi connectivity index (χ3n) is 4.64. The average Bonchev–Trinajstić information content (AvgIpc) is 2.75. The van der Waals surface area contributed by atoms with Gasteiger partial charge in [-0.3, -0.25) is 4.79 Å². The van der Waals surface area contributed by atoms with E-state index in [0.29, 0.717) is 17.0 Å². The standard InChI is InChI=1S/C23H31NO3S/c1-14(2)19-13-18(9-8-10-20(19)25)28(27)21-15(3)11-17(12-16(21)4)24-22(26)23(5,6)7/h9-14,25H,8H2,1-7H3,(H,24,26). The first-order valence-corrected chi connectivity index (χ1v) is 10.7. The summed E-state index contributed by atoms with van der Waals surface area (Å²) < 4.78 is 13.4. The Hall–Kier alpha value is -2.14. The average molecular weight is 402 g/mol. The van der Waals surface area contributed by atoms with E-state index in [1.54, 1.807) is 6.08 Å². The predicted molar refractivity (Wildman–Crippen MR) is 117 cm³/mol. The van der Waals surface area contributed by atoms with Gasteiger partial charge < -0.3 is 10.4 Å². The third-order valence-corrected chi connectivity index (χ3v) is 6.37. The smallest absolute Gasteiger partial charge is 0.229 e. The molecule has 1 atom stereocenters. The van der Waals surface area contributed by atoms with Gasteiger partial charge >= 0.3 is 0 Å². The van der Waals surface area contributed by atoms with Crippen molar-refractivity contribution in [2.24, 2.45) is 11.3 Å². The zero-order chi connectivity index (χ0) is 21.2. The SMILES string of the molecule is Cc1cc(NC(=O)C(C)(C)C)cc(C)c1S(=O)C1=CCC=C(O)C(C(C)C)=C1. The van der Waals surface area contributed by atoms with Crippen molar-refractivity contribution in [2.45, 2.75) is 59.8 Å². The molecule has 0 radical (unpaired) electrons. The molecule has 1 amide bonds. The Labute approximate surface area is 170 Å². The van der Waals surface area contributed by atoms with E-state index in [1.807, 2.05) is 72.8 Å². The Balaban J connectivity index is 2.39. The molecular weight excluding hydrogens is 370 g/mol. The molecule has 0 aromatic heterocycles. The van der Waals surface area contributed by atoms with Crippen LogP contribution in [-0.2, 0) is 15.6 Å². The Morgan fingerprint density at radius 3 is 2.21 bits per heavy atom. The largest absolute Gasteiger partial charge is 0.508 e. The van der Waals surface area contributed by atoms with Gasteiger partial charge in [0.15, 0.2) is 0 Å². The molecule has 0 aliphatic heterocycles. The Bertz CT molecular complexity index is 876. The highest BCUT2D eigenvalue weighted by Gasteiger charge is 2.23. The molecule has 152 valence electrons. The van der Waals surface area contributed by atoms with Gasteiger partial charge in [-0.05, 0) is 67.2 Å². The van der Waals surface area contributed by atoms with Crippen molar-refractivity contribution in [1.82, 2.24) is 0 Å². The number of benzene rings is 1. The van der Waals surface area contributed by atoms with Crippen LogP contribution in [0.2, 0.25) is 0 Å². The van der Waals surface area contributed by atoms with Crippen LogP contribution in [0.25, 0.3) is 0 Å². The molecule has 2 N–H and O–H groups in total. The highest BCUT2D eigenvalue weighted by molar-refractivity contribution is 7.89. The molecule has 5 heteroatoms. The van der Waals surface area contributed by atoms with E-state index in [4.69, 9.17) is 0 Å². The van der Waals surface area contributed by atoms with Crippen molar-refractivity contribution in [3.63, 3.8) is 0 Å². The van der Waals surface area contributed by atoms with Crippen LogP contribution in [-0.4, -0.2) is 15.2 Å². The molecule has 1 aromatic rings. The van der Waals surface area contributed by atoms with Crippen LogP contribution >= 0.6 is 0 Å². The van der Waals surface area contributed by atoms with Gasteiger partial charge in [-0.25, -0.2) is 4.21 Å². The van der Waals surface area contributed by atoms with Gasteiger partial charge in [-0.2, -0.15) is 0 Å². The normalized spacial score (nSPS) is 16.1. The zero-order valence-corrected chi connectivity index (χ0v) is 18.7. The molecule has 1 aliphatic rings. The molecule has 0 spiro atoms. The quantitative estimate of drug-likeness (QED) is 0.679. The molecule has 0 heterocycles. The molecule has 1 aromatic carbocycles. The van der Waals surface area contributed by atoms with Crippen LogP contribution in [0, 0.1) is 25.2 Å². The first-order valence-electron chi connectivity index (χ1n) is 9.57. The number of anilines is 1. The topological polar surface area (TPSA) is 66.4 Å². The first-order chi connectivity index (χ1) is 12.9. The maximum absolute atomic E-state index is 13.4. The number of rotatable bonds is 4. The summed E-state index contributed by atoms with van der Waals surface area (Å²) in [7, 11) is -1.37. The second-order valence-electron chi connectivity index (χ2n) is 8.60. The second-order valence-corrected chi connectivity index (χ2v) is 10.0. The summed E-state index contributed by atoms with van der Waals surface area (Å²) in [5, 5.41) is 13.1. The van der Waals surface area contributed by atoms with Crippen molar-refractivity contribution in [2.75, 3.05) is 5.32 Å². The second kappa shape index (κ2) is 8.48. The minimum absolute atomic E-state index is 0.0577. The number of hydrogen-bond acceptors (Lipinski definition) is 3. The lowest BCUT2D eigenvalue weighted by Crippen LogP contribution is -2.27. The molecule has 0 saturated heterocycles. The van der Waals surface area contributed by atoms with Gasteiger partial charge in [0.25, 0.3) is 0 Å². The summed E-state index contributed by atoms with van der Waals surface area (Å²) in [4.78, 5) is 13.7. The molecule has 4 nitrogen and oxygen atoms in total. The van der Waals surface area contributed by atoms with E-state index < -0.39 is 16.2 Å². The number of aliphatic hydroxyl groups is 1. The zero-order valence-electron chi connectivity index (χ0n) is 17.8. The lowest BCUT2D eigenvalue weighted by molar-refractivity contribution is -0.123. The van der Waals surface area contributed by atoms with Crippen LogP contribution in [0.15, 0.2) is 51.5 Å². The molecule has 2 rings (SSSR count). The summed E-state index contributed by atoms with van der Waals surface area (Å²) in [6.07, 6.45) is 6.03. The van der Waals surface area contributed by atoms with Gasteiger partial charge in [0, 0.05) is 20.9 Å². The van der Waals surface area contributed by atoms with Crippen LogP contribution < -0.4 is 5.32 Å². The number of allylic oxidation sites excluding steroid dienone is 4. The highest BCUT2D eigenvalue weighted by atomic mass is 32.2. The van der Waals surface area contributed by atoms with Crippen LogP contribution in [0.5, 0.6) is 0 Å². The lowest BCUT2D eigenvalue weighted by atomic mass is 9.95.